The van der Waals surface area contributed by atoms with Gasteiger partial charge in [-0.15, -0.1) is 0 Å². The Morgan fingerprint density at radius 2 is 1.03 bits per heavy atom. The lowest BCUT2D eigenvalue weighted by molar-refractivity contribution is -0.112. The molecule has 0 aromatic heterocycles. The molecule has 6 atom stereocenters. The van der Waals surface area contributed by atoms with E-state index in [4.69, 9.17) is 4.74 Å². The molecule has 0 unspecified atom stereocenters. The third kappa shape index (κ3) is 1.26. The van der Waals surface area contributed by atoms with Crippen molar-refractivity contribution in [1.82, 2.24) is 0 Å². The van der Waals surface area contributed by atoms with E-state index < -0.39 is 0 Å². The van der Waals surface area contributed by atoms with Crippen molar-refractivity contribution in [2.75, 3.05) is 0 Å². The second-order valence-electron chi connectivity index (χ2n) is 10.1. The lowest BCUT2D eigenvalue weighted by Crippen LogP contribution is -2.43. The van der Waals surface area contributed by atoms with Gasteiger partial charge in [0.1, 0.15) is 11.2 Å². The molecule has 2 aliphatic heterocycles. The van der Waals surface area contributed by atoms with Gasteiger partial charge in [-0.25, -0.2) is 0 Å². The zero-order valence-electron chi connectivity index (χ0n) is 16.5. The molecule has 3 aromatic carbocycles. The summed E-state index contributed by atoms with van der Waals surface area (Å²) in [4.78, 5) is 0. The highest BCUT2D eigenvalue weighted by atomic mass is 16.5. The molecular formula is C28H24O. The fourth-order valence-corrected chi connectivity index (χ4v) is 9.13. The summed E-state index contributed by atoms with van der Waals surface area (Å²) in [5, 5.41) is 0. The minimum atomic E-state index is -0.291. The first kappa shape index (κ1) is 15.5. The van der Waals surface area contributed by atoms with E-state index in [-0.39, 0.29) is 22.0 Å². The molecule has 3 saturated carbocycles. The Bertz CT molecular complexity index is 1080. The minimum absolute atomic E-state index is 0.272. The summed E-state index contributed by atoms with van der Waals surface area (Å²) in [6.07, 6.45) is 5.50. The average Bonchev–Trinajstić information content (AvgIpc) is 3.09. The van der Waals surface area contributed by atoms with Gasteiger partial charge in [-0.2, -0.15) is 0 Å². The number of hydrogen-bond donors (Lipinski definition) is 0. The van der Waals surface area contributed by atoms with Crippen LogP contribution in [0.25, 0.3) is 0 Å². The number of fused-ring (bicyclic) bond motifs is 7. The van der Waals surface area contributed by atoms with Crippen LogP contribution in [0.2, 0.25) is 0 Å². The summed E-state index contributed by atoms with van der Waals surface area (Å²) in [7, 11) is 0. The maximum atomic E-state index is 7.58. The third-order valence-electron chi connectivity index (χ3n) is 9.66. The van der Waals surface area contributed by atoms with Crippen molar-refractivity contribution in [3.05, 3.63) is 107 Å². The molecule has 2 heterocycles. The highest BCUT2D eigenvalue weighted by Gasteiger charge is 2.99. The van der Waals surface area contributed by atoms with Crippen LogP contribution < -0.4 is 0 Å². The molecule has 0 spiro atoms. The monoisotopic (exact) mass is 376 g/mol. The van der Waals surface area contributed by atoms with Gasteiger partial charge in [0, 0.05) is 10.8 Å². The van der Waals surface area contributed by atoms with Crippen molar-refractivity contribution in [3.8, 4) is 0 Å². The zero-order chi connectivity index (χ0) is 18.9. The number of benzene rings is 3. The van der Waals surface area contributed by atoms with Crippen molar-refractivity contribution in [3.63, 3.8) is 0 Å². The van der Waals surface area contributed by atoms with Crippen LogP contribution in [0.3, 0.4) is 0 Å². The molecule has 3 aliphatic carbocycles. The largest absolute Gasteiger partial charge is 0.348 e. The molecule has 4 fully saturated rings. The number of rotatable bonds is 2. The molecule has 1 saturated heterocycles. The summed E-state index contributed by atoms with van der Waals surface area (Å²) in [6.45, 7) is 0. The van der Waals surface area contributed by atoms with Crippen LogP contribution in [0.15, 0.2) is 84.9 Å². The van der Waals surface area contributed by atoms with Gasteiger partial charge in [-0.3, -0.25) is 0 Å². The van der Waals surface area contributed by atoms with Crippen LogP contribution in [-0.4, -0.2) is 0 Å². The summed E-state index contributed by atoms with van der Waals surface area (Å²) >= 11 is 0. The standard InChI is InChI=1S/C28H24O/c1-3-9-19(10-4-1)27-23-13-7-8-14-24(23)28(29-27,20-11-5-2-6-12-20)26-18-25(26,27)21-15-16-22(26)17-21/h1-14,21-22H,15-18H2/t21-,22+,25+,26-,27-,28+. The van der Waals surface area contributed by atoms with Crippen LogP contribution in [0.5, 0.6) is 0 Å². The normalized spacial score (nSPS) is 44.4. The Kier molecular flexibility index (Phi) is 2.41. The van der Waals surface area contributed by atoms with E-state index in [9.17, 15) is 0 Å². The molecule has 4 bridgehead atoms. The van der Waals surface area contributed by atoms with E-state index in [2.05, 4.69) is 84.9 Å². The fraction of sp³-hybridized carbons (Fsp3) is 0.357. The van der Waals surface area contributed by atoms with Gasteiger partial charge >= 0.3 is 0 Å². The molecule has 29 heavy (non-hydrogen) atoms. The predicted molar refractivity (Wildman–Crippen MR) is 112 cm³/mol. The van der Waals surface area contributed by atoms with Crippen LogP contribution >= 0.6 is 0 Å². The van der Waals surface area contributed by atoms with Gasteiger partial charge in [0.25, 0.3) is 0 Å². The number of hydrogen-bond acceptors (Lipinski definition) is 1. The first-order valence-corrected chi connectivity index (χ1v) is 11.2. The topological polar surface area (TPSA) is 9.23 Å². The first-order chi connectivity index (χ1) is 14.3. The summed E-state index contributed by atoms with van der Waals surface area (Å²) in [5.41, 5.74) is 5.59. The van der Waals surface area contributed by atoms with Crippen LogP contribution in [0.1, 0.15) is 47.9 Å². The molecule has 1 heteroatoms. The Labute approximate surface area is 171 Å². The highest BCUT2D eigenvalue weighted by molar-refractivity contribution is 5.67. The van der Waals surface area contributed by atoms with Crippen LogP contribution in [-0.2, 0) is 15.9 Å². The van der Waals surface area contributed by atoms with Crippen molar-refractivity contribution in [1.29, 1.82) is 0 Å². The lowest BCUT2D eigenvalue weighted by Gasteiger charge is -2.42. The van der Waals surface area contributed by atoms with Gasteiger partial charge in [0.15, 0.2) is 0 Å². The van der Waals surface area contributed by atoms with E-state index in [1.54, 1.807) is 0 Å². The van der Waals surface area contributed by atoms with Crippen molar-refractivity contribution in [2.24, 2.45) is 22.7 Å². The molecule has 0 amide bonds. The van der Waals surface area contributed by atoms with Crippen LogP contribution in [0.4, 0.5) is 0 Å². The minimum Gasteiger partial charge on any atom is -0.348 e. The maximum absolute atomic E-state index is 7.58. The van der Waals surface area contributed by atoms with Gasteiger partial charge in [0.05, 0.1) is 0 Å². The Morgan fingerprint density at radius 3 is 1.52 bits per heavy atom. The highest BCUT2D eigenvalue weighted by Crippen LogP contribution is 2.99. The number of ether oxygens (including phenoxy) is 1. The second kappa shape index (κ2) is 4.52. The summed E-state index contributed by atoms with van der Waals surface area (Å²) in [5.74, 6) is 1.60. The van der Waals surface area contributed by atoms with Gasteiger partial charge in [-0.1, -0.05) is 84.9 Å². The summed E-state index contributed by atoms with van der Waals surface area (Å²) < 4.78 is 7.58. The Hall–Kier alpha value is -2.38. The molecule has 8 rings (SSSR count). The van der Waals surface area contributed by atoms with Crippen molar-refractivity contribution in [2.45, 2.75) is 36.9 Å². The second-order valence-corrected chi connectivity index (χ2v) is 10.1. The van der Waals surface area contributed by atoms with E-state index in [1.807, 2.05) is 0 Å². The predicted octanol–water partition coefficient (Wildman–Crippen LogP) is 6.02. The van der Waals surface area contributed by atoms with E-state index >= 15 is 0 Å². The molecule has 1 nitrogen and oxygen atoms in total. The molecule has 3 aromatic rings. The average molecular weight is 376 g/mol. The fourth-order valence-electron chi connectivity index (χ4n) is 9.13. The van der Waals surface area contributed by atoms with E-state index in [0.29, 0.717) is 0 Å². The van der Waals surface area contributed by atoms with Crippen molar-refractivity contribution < 1.29 is 4.74 Å². The Morgan fingerprint density at radius 1 is 0.586 bits per heavy atom. The first-order valence-electron chi connectivity index (χ1n) is 11.2. The van der Waals surface area contributed by atoms with E-state index in [1.165, 1.54) is 47.9 Å². The van der Waals surface area contributed by atoms with E-state index in [0.717, 1.165) is 11.8 Å². The Balaban J connectivity index is 1.55. The molecule has 142 valence electrons. The van der Waals surface area contributed by atoms with Gasteiger partial charge in [-0.05, 0) is 59.8 Å². The third-order valence-corrected chi connectivity index (χ3v) is 9.66. The molecule has 0 radical (unpaired) electrons. The van der Waals surface area contributed by atoms with Crippen LogP contribution in [0, 0.1) is 22.7 Å². The van der Waals surface area contributed by atoms with Crippen molar-refractivity contribution >= 4 is 0 Å². The maximum Gasteiger partial charge on any atom is 0.127 e. The molecule has 0 N–H and O–H groups in total. The summed E-state index contributed by atoms with van der Waals surface area (Å²) in [6, 6.07) is 31.6. The smallest absolute Gasteiger partial charge is 0.127 e. The quantitative estimate of drug-likeness (QED) is 0.531. The lowest BCUT2D eigenvalue weighted by atomic mass is 9.56. The van der Waals surface area contributed by atoms with Gasteiger partial charge in [0.2, 0.25) is 0 Å². The van der Waals surface area contributed by atoms with Gasteiger partial charge < -0.3 is 4.74 Å². The molecular weight excluding hydrogens is 352 g/mol. The zero-order valence-corrected chi connectivity index (χ0v) is 16.5. The SMILES string of the molecule is c1ccc([C@]23O[C@](c4ccccc4)(c4ccccc42)[C@]24C[C@]32[C@H]2CC[C@@H]4C2)cc1. The molecule has 5 aliphatic rings.